The molecule has 1 amide bonds. The summed E-state index contributed by atoms with van der Waals surface area (Å²) in [6.07, 6.45) is 3.91. The molecule has 0 fully saturated rings. The number of carbonyl (C=O) groups is 1. The van der Waals surface area contributed by atoms with Gasteiger partial charge in [-0.25, -0.2) is 0 Å². The summed E-state index contributed by atoms with van der Waals surface area (Å²) in [5, 5.41) is 1.64. The summed E-state index contributed by atoms with van der Waals surface area (Å²) >= 11 is 0. The maximum atomic E-state index is 12.5. The van der Waals surface area contributed by atoms with Crippen molar-refractivity contribution in [2.24, 2.45) is 5.73 Å². The van der Waals surface area contributed by atoms with Gasteiger partial charge in [0.25, 0.3) is 5.91 Å². The second-order valence-corrected chi connectivity index (χ2v) is 7.46. The minimum Gasteiger partial charge on any atom is -0.495 e. The summed E-state index contributed by atoms with van der Waals surface area (Å²) in [7, 11) is 1.55. The maximum Gasteiger partial charge on any atom is 0.253 e. The van der Waals surface area contributed by atoms with E-state index in [9.17, 15) is 4.79 Å². The lowest BCUT2D eigenvalue weighted by atomic mass is 9.82. The Bertz CT molecular complexity index is 1270. The zero-order valence-electron chi connectivity index (χ0n) is 17.0. The SMILES string of the molecule is COc1c(C(N)=O)c2c(c3ccccc13)OC(c1ccccc1)(c1ccccc1)C=C2. The highest BCUT2D eigenvalue weighted by molar-refractivity contribution is 6.10. The zero-order chi connectivity index (χ0) is 21.4. The van der Waals surface area contributed by atoms with Crippen LogP contribution in [-0.4, -0.2) is 13.0 Å². The number of benzene rings is 4. The minimum absolute atomic E-state index is 0.321. The summed E-state index contributed by atoms with van der Waals surface area (Å²) in [6, 6.07) is 27.8. The largest absolute Gasteiger partial charge is 0.495 e. The van der Waals surface area contributed by atoms with Crippen LogP contribution in [0.5, 0.6) is 11.5 Å². The van der Waals surface area contributed by atoms with E-state index in [0.29, 0.717) is 22.6 Å². The topological polar surface area (TPSA) is 61.5 Å². The molecule has 4 nitrogen and oxygen atoms in total. The molecule has 0 unspecified atom stereocenters. The molecule has 0 aromatic heterocycles. The van der Waals surface area contributed by atoms with Gasteiger partial charge in [-0.05, 0) is 12.2 Å². The van der Waals surface area contributed by atoms with Crippen molar-refractivity contribution in [3.63, 3.8) is 0 Å². The summed E-state index contributed by atoms with van der Waals surface area (Å²) in [4.78, 5) is 12.5. The number of fused-ring (bicyclic) bond motifs is 3. The molecule has 0 spiro atoms. The highest BCUT2D eigenvalue weighted by atomic mass is 16.5. The molecule has 1 heterocycles. The van der Waals surface area contributed by atoms with Crippen LogP contribution in [0.2, 0.25) is 0 Å². The number of methoxy groups -OCH3 is 1. The van der Waals surface area contributed by atoms with Crippen molar-refractivity contribution in [2.45, 2.75) is 5.60 Å². The number of nitrogens with two attached hydrogens (primary N) is 1. The van der Waals surface area contributed by atoms with E-state index in [1.165, 1.54) is 0 Å². The fraction of sp³-hybridized carbons (Fsp3) is 0.0741. The Labute approximate surface area is 180 Å². The van der Waals surface area contributed by atoms with Crippen LogP contribution in [-0.2, 0) is 5.60 Å². The summed E-state index contributed by atoms with van der Waals surface area (Å²) in [5.74, 6) is 0.515. The molecular weight excluding hydrogens is 386 g/mol. The normalized spacial score (nSPS) is 14.0. The van der Waals surface area contributed by atoms with Gasteiger partial charge in [0.05, 0.1) is 12.7 Å². The van der Waals surface area contributed by atoms with E-state index >= 15 is 0 Å². The lowest BCUT2D eigenvalue weighted by Crippen LogP contribution is -2.35. The first-order valence-electron chi connectivity index (χ1n) is 10.1. The van der Waals surface area contributed by atoms with Crippen LogP contribution in [0.15, 0.2) is 91.0 Å². The van der Waals surface area contributed by atoms with Gasteiger partial charge in [-0.2, -0.15) is 0 Å². The number of primary amides is 1. The van der Waals surface area contributed by atoms with E-state index in [4.69, 9.17) is 15.2 Å². The van der Waals surface area contributed by atoms with Crippen LogP contribution in [0.25, 0.3) is 16.8 Å². The molecule has 5 rings (SSSR count). The smallest absolute Gasteiger partial charge is 0.253 e. The molecule has 1 aliphatic rings. The standard InChI is InChI=1S/C27H21NO3/c1-30-25-21-15-9-8-14-20(21)24-22(23(25)26(28)29)16-17-27(31-24,18-10-4-2-5-11-18)19-12-6-3-7-13-19/h2-17H,1H3,(H2,28,29). The van der Waals surface area contributed by atoms with Gasteiger partial charge in [-0.3, -0.25) is 4.79 Å². The molecule has 0 radical (unpaired) electrons. The van der Waals surface area contributed by atoms with Crippen LogP contribution < -0.4 is 15.2 Å². The second kappa shape index (κ2) is 7.33. The number of carbonyl (C=O) groups excluding carboxylic acids is 1. The van der Waals surface area contributed by atoms with Crippen LogP contribution >= 0.6 is 0 Å². The van der Waals surface area contributed by atoms with E-state index < -0.39 is 11.5 Å². The van der Waals surface area contributed by atoms with Gasteiger partial charge >= 0.3 is 0 Å². The van der Waals surface area contributed by atoms with E-state index in [1.54, 1.807) is 7.11 Å². The van der Waals surface area contributed by atoms with Gasteiger partial charge in [0.2, 0.25) is 0 Å². The van der Waals surface area contributed by atoms with Crippen molar-refractivity contribution in [3.05, 3.63) is 113 Å². The lowest BCUT2D eigenvalue weighted by molar-refractivity contribution is 0.0995. The zero-order valence-corrected chi connectivity index (χ0v) is 17.0. The molecule has 0 bridgehead atoms. The first-order chi connectivity index (χ1) is 15.2. The fourth-order valence-corrected chi connectivity index (χ4v) is 4.36. The minimum atomic E-state index is -0.845. The molecule has 31 heavy (non-hydrogen) atoms. The number of amides is 1. The van der Waals surface area contributed by atoms with Crippen molar-refractivity contribution < 1.29 is 14.3 Å². The summed E-state index contributed by atoms with van der Waals surface area (Å²) < 4.78 is 12.5. The van der Waals surface area contributed by atoms with Crippen molar-refractivity contribution in [3.8, 4) is 11.5 Å². The predicted molar refractivity (Wildman–Crippen MR) is 122 cm³/mol. The highest BCUT2D eigenvalue weighted by Crippen LogP contribution is 2.49. The fourth-order valence-electron chi connectivity index (χ4n) is 4.36. The van der Waals surface area contributed by atoms with Gasteiger partial charge in [0.15, 0.2) is 5.60 Å². The molecule has 152 valence electrons. The van der Waals surface area contributed by atoms with Crippen LogP contribution in [0.4, 0.5) is 0 Å². The van der Waals surface area contributed by atoms with Crippen molar-refractivity contribution in [1.29, 1.82) is 0 Å². The first-order valence-corrected chi connectivity index (χ1v) is 10.1. The average Bonchev–Trinajstić information content (AvgIpc) is 2.83. The monoisotopic (exact) mass is 407 g/mol. The predicted octanol–water partition coefficient (Wildman–Crippen LogP) is 5.30. The first kappa shape index (κ1) is 18.9. The van der Waals surface area contributed by atoms with Crippen LogP contribution in [0.3, 0.4) is 0 Å². The molecule has 0 saturated heterocycles. The molecule has 0 atom stereocenters. The number of rotatable bonds is 4. The Kier molecular flexibility index (Phi) is 4.48. The third-order valence-corrected chi connectivity index (χ3v) is 5.76. The third-order valence-electron chi connectivity index (χ3n) is 5.76. The van der Waals surface area contributed by atoms with Gasteiger partial charge in [0.1, 0.15) is 11.5 Å². The Morgan fingerprint density at radius 3 is 1.94 bits per heavy atom. The maximum absolute atomic E-state index is 12.5. The molecule has 1 aliphatic heterocycles. The molecular formula is C27H21NO3. The van der Waals surface area contributed by atoms with E-state index in [2.05, 4.69) is 0 Å². The van der Waals surface area contributed by atoms with Gasteiger partial charge in [-0.15, -0.1) is 0 Å². The van der Waals surface area contributed by atoms with Crippen molar-refractivity contribution >= 4 is 22.8 Å². The highest BCUT2D eigenvalue weighted by Gasteiger charge is 2.39. The Balaban J connectivity index is 1.86. The van der Waals surface area contributed by atoms with Gasteiger partial charge in [-0.1, -0.05) is 84.9 Å². The van der Waals surface area contributed by atoms with Gasteiger partial charge in [0, 0.05) is 27.5 Å². The number of hydrogen-bond acceptors (Lipinski definition) is 3. The Morgan fingerprint density at radius 1 is 0.839 bits per heavy atom. The number of ether oxygens (including phenoxy) is 2. The molecule has 2 N–H and O–H groups in total. The third kappa shape index (κ3) is 2.88. The van der Waals surface area contributed by atoms with E-state index in [0.717, 1.165) is 21.9 Å². The van der Waals surface area contributed by atoms with Gasteiger partial charge < -0.3 is 15.2 Å². The molecule has 4 heteroatoms. The van der Waals surface area contributed by atoms with Crippen LogP contribution in [0.1, 0.15) is 27.0 Å². The summed E-state index contributed by atoms with van der Waals surface area (Å²) in [5.41, 5.74) is 7.87. The second-order valence-electron chi connectivity index (χ2n) is 7.46. The molecule has 4 aromatic rings. The molecule has 0 saturated carbocycles. The molecule has 0 aliphatic carbocycles. The lowest BCUT2D eigenvalue weighted by Gasteiger charge is -2.37. The summed E-state index contributed by atoms with van der Waals surface area (Å²) in [6.45, 7) is 0. The quantitative estimate of drug-likeness (QED) is 0.500. The van der Waals surface area contributed by atoms with Crippen molar-refractivity contribution in [2.75, 3.05) is 7.11 Å². The Morgan fingerprint density at radius 2 is 1.39 bits per heavy atom. The van der Waals surface area contributed by atoms with Crippen molar-refractivity contribution in [1.82, 2.24) is 0 Å². The number of hydrogen-bond donors (Lipinski definition) is 1. The van der Waals surface area contributed by atoms with E-state index in [-0.39, 0.29) is 0 Å². The molecule has 4 aromatic carbocycles. The van der Waals surface area contributed by atoms with E-state index in [1.807, 2.05) is 97.1 Å². The Hall–Kier alpha value is -4.05. The average molecular weight is 407 g/mol. The van der Waals surface area contributed by atoms with Crippen LogP contribution in [0, 0.1) is 0 Å².